The number of nitrogens with zero attached hydrogens (tertiary/aromatic N) is 1. The molecule has 0 heterocycles. The van der Waals surface area contributed by atoms with Gasteiger partial charge in [0.15, 0.2) is 0 Å². The highest BCUT2D eigenvalue weighted by Gasteiger charge is 2.50. The molecule has 0 saturated heterocycles. The molecule has 1 atom stereocenters. The molecule has 110 valence electrons. The summed E-state index contributed by atoms with van der Waals surface area (Å²) in [5.74, 6) is 0.291. The Morgan fingerprint density at radius 3 is 1.95 bits per heavy atom. The van der Waals surface area contributed by atoms with Crippen LogP contribution in [-0.4, -0.2) is 35.9 Å². The maximum atomic E-state index is 13.9. The van der Waals surface area contributed by atoms with Crippen LogP contribution in [0.1, 0.15) is 41.5 Å². The zero-order valence-corrected chi connectivity index (χ0v) is 14.7. The van der Waals surface area contributed by atoms with Crippen LogP contribution in [0.4, 0.5) is 0 Å². The van der Waals surface area contributed by atoms with Gasteiger partial charge in [-0.05, 0) is 19.4 Å². The van der Waals surface area contributed by atoms with Crippen molar-refractivity contribution in [3.05, 3.63) is 23.5 Å². The van der Waals surface area contributed by atoms with E-state index >= 15 is 0 Å². The molecule has 1 aliphatic rings. The number of hydrogen-bond acceptors (Lipinski definition) is 2. The van der Waals surface area contributed by atoms with Crippen molar-refractivity contribution in [3.8, 4) is 0 Å². The average Bonchev–Trinajstić information content (AvgIpc) is 2.60. The minimum Gasteiger partial charge on any atom is -0.318 e. The van der Waals surface area contributed by atoms with Gasteiger partial charge in [-0.15, -0.1) is 0 Å². The van der Waals surface area contributed by atoms with Crippen molar-refractivity contribution >= 4 is 7.14 Å². The molecule has 3 heteroatoms. The third kappa shape index (κ3) is 3.06. The van der Waals surface area contributed by atoms with Gasteiger partial charge >= 0.3 is 0 Å². The van der Waals surface area contributed by atoms with Crippen molar-refractivity contribution in [2.24, 2.45) is 5.92 Å². The van der Waals surface area contributed by atoms with Crippen molar-refractivity contribution < 1.29 is 4.57 Å². The van der Waals surface area contributed by atoms with Crippen LogP contribution in [0.2, 0.25) is 0 Å². The normalized spacial score (nSPS) is 21.1. The van der Waals surface area contributed by atoms with Crippen LogP contribution in [0.5, 0.6) is 0 Å². The molecule has 0 saturated carbocycles. The molecule has 0 aromatic rings. The van der Waals surface area contributed by atoms with Gasteiger partial charge in [-0.3, -0.25) is 0 Å². The van der Waals surface area contributed by atoms with Crippen LogP contribution in [0.15, 0.2) is 23.5 Å². The highest BCUT2D eigenvalue weighted by molar-refractivity contribution is 7.71. The maximum absolute atomic E-state index is 13.9. The van der Waals surface area contributed by atoms with Gasteiger partial charge in [0, 0.05) is 22.8 Å². The monoisotopic (exact) mass is 283 g/mol. The number of allylic oxidation sites excluding steroid dienone is 2. The second-order valence-corrected chi connectivity index (χ2v) is 12.2. The molecule has 1 unspecified atom stereocenters. The van der Waals surface area contributed by atoms with E-state index in [0.29, 0.717) is 5.92 Å². The van der Waals surface area contributed by atoms with Crippen molar-refractivity contribution in [3.63, 3.8) is 0 Å². The van der Waals surface area contributed by atoms with Crippen LogP contribution in [0.25, 0.3) is 0 Å². The van der Waals surface area contributed by atoms with Crippen LogP contribution >= 0.6 is 7.14 Å². The Bertz CT molecular complexity index is 415. The van der Waals surface area contributed by atoms with Gasteiger partial charge in [0.1, 0.15) is 7.14 Å². The summed E-state index contributed by atoms with van der Waals surface area (Å²) in [5.41, 5.74) is 0. The number of hydrogen-bond donors (Lipinski definition) is 0. The van der Waals surface area contributed by atoms with Gasteiger partial charge in [-0.2, -0.15) is 0 Å². The van der Waals surface area contributed by atoms with Gasteiger partial charge in [0.25, 0.3) is 0 Å². The molecule has 1 aliphatic carbocycles. The average molecular weight is 283 g/mol. The quantitative estimate of drug-likeness (QED) is 0.707. The van der Waals surface area contributed by atoms with Gasteiger partial charge in [-0.25, -0.2) is 0 Å². The zero-order valence-electron chi connectivity index (χ0n) is 13.8. The minimum absolute atomic E-state index is 0.201. The van der Waals surface area contributed by atoms with E-state index in [2.05, 4.69) is 78.8 Å². The lowest BCUT2D eigenvalue weighted by Gasteiger charge is -2.44. The Labute approximate surface area is 119 Å². The fourth-order valence-corrected chi connectivity index (χ4v) is 7.67. The van der Waals surface area contributed by atoms with Crippen molar-refractivity contribution in [2.45, 2.75) is 51.9 Å². The van der Waals surface area contributed by atoms with Crippen LogP contribution in [0, 0.1) is 5.92 Å². The molecule has 0 aromatic carbocycles. The molecule has 0 N–H and O–H groups in total. The highest BCUT2D eigenvalue weighted by Crippen LogP contribution is 2.74. The first kappa shape index (κ1) is 16.7. The Morgan fingerprint density at radius 2 is 1.58 bits per heavy atom. The fourth-order valence-electron chi connectivity index (χ4n) is 3.18. The van der Waals surface area contributed by atoms with E-state index in [4.69, 9.17) is 0 Å². The minimum atomic E-state index is -2.48. The SMILES string of the molecule is CN(C)CC1C=CC=C1P(=O)(C(C)(C)C)C(C)(C)C. The first-order valence-corrected chi connectivity index (χ1v) is 8.76. The van der Waals surface area contributed by atoms with Crippen LogP contribution < -0.4 is 0 Å². The lowest BCUT2D eigenvalue weighted by molar-refractivity contribution is 0.382. The predicted octanol–water partition coefficient (Wildman–Crippen LogP) is 4.58. The molecule has 0 fully saturated rings. The summed E-state index contributed by atoms with van der Waals surface area (Å²) in [6, 6.07) is 0. The predicted molar refractivity (Wildman–Crippen MR) is 86.4 cm³/mol. The molecule has 0 aromatic heterocycles. The molecule has 0 spiro atoms. The molecule has 2 nitrogen and oxygen atoms in total. The molecule has 0 amide bonds. The number of rotatable bonds is 3. The third-order valence-electron chi connectivity index (χ3n) is 3.81. The highest BCUT2D eigenvalue weighted by atomic mass is 31.2. The smallest absolute Gasteiger partial charge is 0.122 e. The summed E-state index contributed by atoms with van der Waals surface area (Å²) in [5, 5.41) is 0.752. The van der Waals surface area contributed by atoms with Crippen molar-refractivity contribution in [1.82, 2.24) is 4.90 Å². The summed E-state index contributed by atoms with van der Waals surface area (Å²) in [7, 11) is 1.67. The van der Waals surface area contributed by atoms with Gasteiger partial charge in [0.05, 0.1) is 0 Å². The van der Waals surface area contributed by atoms with E-state index in [0.717, 1.165) is 11.9 Å². The Balaban J connectivity index is 3.27. The van der Waals surface area contributed by atoms with E-state index in [1.807, 2.05) is 0 Å². The molecule has 0 bridgehead atoms. The maximum Gasteiger partial charge on any atom is 0.122 e. The summed E-state index contributed by atoms with van der Waals surface area (Å²) in [6.45, 7) is 13.6. The van der Waals surface area contributed by atoms with E-state index in [1.54, 1.807) is 0 Å². The van der Waals surface area contributed by atoms with E-state index in [1.165, 1.54) is 0 Å². The lowest BCUT2D eigenvalue weighted by atomic mass is 10.1. The molecular formula is C16H30NOP. The zero-order chi connectivity index (χ0) is 15.1. The van der Waals surface area contributed by atoms with E-state index in [9.17, 15) is 4.57 Å². The molecule has 0 radical (unpaired) electrons. The van der Waals surface area contributed by atoms with Crippen molar-refractivity contribution in [2.75, 3.05) is 20.6 Å². The molecular weight excluding hydrogens is 253 g/mol. The summed E-state index contributed by atoms with van der Waals surface area (Å²) in [6.07, 6.45) is 6.37. The van der Waals surface area contributed by atoms with Gasteiger partial charge < -0.3 is 9.46 Å². The van der Waals surface area contributed by atoms with E-state index < -0.39 is 7.14 Å². The van der Waals surface area contributed by atoms with Gasteiger partial charge in [-0.1, -0.05) is 59.8 Å². The molecule has 19 heavy (non-hydrogen) atoms. The second-order valence-electron chi connectivity index (χ2n) is 7.80. The second kappa shape index (κ2) is 5.22. The molecule has 0 aliphatic heterocycles. The fraction of sp³-hybridized carbons (Fsp3) is 0.750. The Kier molecular flexibility index (Phi) is 4.59. The lowest BCUT2D eigenvalue weighted by Crippen LogP contribution is -2.32. The Morgan fingerprint density at radius 1 is 1.11 bits per heavy atom. The van der Waals surface area contributed by atoms with Gasteiger partial charge in [0.2, 0.25) is 0 Å². The van der Waals surface area contributed by atoms with Crippen LogP contribution in [0.3, 0.4) is 0 Å². The molecule has 1 rings (SSSR count). The van der Waals surface area contributed by atoms with E-state index in [-0.39, 0.29) is 10.3 Å². The summed E-state index contributed by atoms with van der Waals surface area (Å²) >= 11 is 0. The summed E-state index contributed by atoms with van der Waals surface area (Å²) < 4.78 is 13.9. The summed E-state index contributed by atoms with van der Waals surface area (Å²) in [4.78, 5) is 2.17. The van der Waals surface area contributed by atoms with Crippen LogP contribution in [-0.2, 0) is 4.57 Å². The van der Waals surface area contributed by atoms with Crippen molar-refractivity contribution in [1.29, 1.82) is 0 Å². The standard InChI is InChI=1S/C16H30NOP/c1-15(2,3)19(18,16(4,5)6)14-11-9-10-13(14)12-17(7)8/h9-11,13H,12H2,1-8H3. The Hall–Kier alpha value is -0.330. The largest absolute Gasteiger partial charge is 0.318 e. The topological polar surface area (TPSA) is 20.3 Å². The first-order valence-electron chi connectivity index (χ1n) is 7.05. The first-order chi connectivity index (χ1) is 8.41. The third-order valence-corrected chi connectivity index (χ3v) is 8.79.